The standard InChI is InChI=1S/C12H19N3O/c1-3-5-8-14-12(16)15(4-2)11-6-9-13-10-7-11/h6-7,9-10H,3-5,8H2,1-2H3,(H,14,16). The Hall–Kier alpha value is -1.58. The van der Waals surface area contributed by atoms with E-state index in [1.807, 2.05) is 19.1 Å². The maximum atomic E-state index is 11.8. The highest BCUT2D eigenvalue weighted by Crippen LogP contribution is 2.11. The summed E-state index contributed by atoms with van der Waals surface area (Å²) in [6.45, 7) is 5.45. The van der Waals surface area contributed by atoms with Crippen molar-refractivity contribution < 1.29 is 4.79 Å². The van der Waals surface area contributed by atoms with Gasteiger partial charge in [-0.05, 0) is 25.5 Å². The molecule has 0 bridgehead atoms. The zero-order chi connectivity index (χ0) is 11.8. The van der Waals surface area contributed by atoms with Crippen molar-refractivity contribution in [3.63, 3.8) is 0 Å². The minimum atomic E-state index is -0.0397. The largest absolute Gasteiger partial charge is 0.338 e. The number of carbonyl (C=O) groups excluding carboxylic acids is 1. The number of amides is 2. The summed E-state index contributed by atoms with van der Waals surface area (Å²) in [7, 11) is 0. The molecule has 0 aliphatic heterocycles. The third-order valence-corrected chi connectivity index (χ3v) is 2.34. The maximum Gasteiger partial charge on any atom is 0.321 e. The molecule has 0 spiro atoms. The molecule has 1 N–H and O–H groups in total. The van der Waals surface area contributed by atoms with Crippen molar-refractivity contribution in [1.82, 2.24) is 10.3 Å². The summed E-state index contributed by atoms with van der Waals surface area (Å²) in [6, 6.07) is 3.63. The number of unbranched alkanes of at least 4 members (excludes halogenated alkanes) is 1. The molecule has 88 valence electrons. The van der Waals surface area contributed by atoms with Crippen LogP contribution in [0.4, 0.5) is 10.5 Å². The van der Waals surface area contributed by atoms with Gasteiger partial charge in [-0.25, -0.2) is 4.79 Å². The van der Waals surface area contributed by atoms with Gasteiger partial charge in [0.15, 0.2) is 0 Å². The quantitative estimate of drug-likeness (QED) is 0.776. The van der Waals surface area contributed by atoms with Crippen LogP contribution in [0.1, 0.15) is 26.7 Å². The Morgan fingerprint density at radius 2 is 2.06 bits per heavy atom. The van der Waals surface area contributed by atoms with E-state index in [1.165, 1.54) is 0 Å². The summed E-state index contributed by atoms with van der Waals surface area (Å²) < 4.78 is 0. The van der Waals surface area contributed by atoms with Crippen LogP contribution in [0.2, 0.25) is 0 Å². The molecule has 0 fully saturated rings. The van der Waals surface area contributed by atoms with E-state index in [2.05, 4.69) is 17.2 Å². The van der Waals surface area contributed by atoms with Gasteiger partial charge in [-0.1, -0.05) is 13.3 Å². The molecule has 0 aromatic carbocycles. The third kappa shape index (κ3) is 3.53. The lowest BCUT2D eigenvalue weighted by Gasteiger charge is -2.21. The minimum absolute atomic E-state index is 0.0397. The Balaban J connectivity index is 2.57. The van der Waals surface area contributed by atoms with E-state index in [0.717, 1.165) is 25.1 Å². The van der Waals surface area contributed by atoms with Crippen LogP contribution in [0, 0.1) is 0 Å². The molecule has 0 aliphatic carbocycles. The lowest BCUT2D eigenvalue weighted by Crippen LogP contribution is -2.40. The van der Waals surface area contributed by atoms with Gasteiger partial charge in [0.05, 0.1) is 0 Å². The molecule has 0 radical (unpaired) electrons. The van der Waals surface area contributed by atoms with E-state index in [-0.39, 0.29) is 6.03 Å². The van der Waals surface area contributed by atoms with Crippen molar-refractivity contribution in [1.29, 1.82) is 0 Å². The number of aromatic nitrogens is 1. The van der Waals surface area contributed by atoms with Crippen LogP contribution in [0.3, 0.4) is 0 Å². The molecule has 1 rings (SSSR count). The fourth-order valence-electron chi connectivity index (χ4n) is 1.43. The van der Waals surface area contributed by atoms with E-state index >= 15 is 0 Å². The highest BCUT2D eigenvalue weighted by atomic mass is 16.2. The van der Waals surface area contributed by atoms with Gasteiger partial charge in [-0.2, -0.15) is 0 Å². The van der Waals surface area contributed by atoms with Crippen LogP contribution < -0.4 is 10.2 Å². The van der Waals surface area contributed by atoms with Gasteiger partial charge in [0.2, 0.25) is 0 Å². The van der Waals surface area contributed by atoms with Gasteiger partial charge in [0, 0.05) is 31.2 Å². The Morgan fingerprint density at radius 1 is 1.38 bits per heavy atom. The van der Waals surface area contributed by atoms with Crippen molar-refractivity contribution in [2.24, 2.45) is 0 Å². The summed E-state index contributed by atoms with van der Waals surface area (Å²) in [5.74, 6) is 0. The van der Waals surface area contributed by atoms with Crippen LogP contribution in [0.25, 0.3) is 0 Å². The van der Waals surface area contributed by atoms with E-state index < -0.39 is 0 Å². The first-order valence-corrected chi connectivity index (χ1v) is 5.75. The van der Waals surface area contributed by atoms with E-state index in [9.17, 15) is 4.79 Å². The number of anilines is 1. The number of nitrogens with one attached hydrogen (secondary N) is 1. The first-order valence-electron chi connectivity index (χ1n) is 5.75. The predicted molar refractivity (Wildman–Crippen MR) is 65.6 cm³/mol. The smallest absolute Gasteiger partial charge is 0.321 e. The lowest BCUT2D eigenvalue weighted by molar-refractivity contribution is 0.246. The van der Waals surface area contributed by atoms with Crippen LogP contribution in [0.15, 0.2) is 24.5 Å². The molecule has 4 heteroatoms. The predicted octanol–water partition coefficient (Wildman–Crippen LogP) is 2.42. The molecule has 1 aromatic rings. The van der Waals surface area contributed by atoms with Crippen molar-refractivity contribution in [3.8, 4) is 0 Å². The van der Waals surface area contributed by atoms with Gasteiger partial charge in [-0.15, -0.1) is 0 Å². The highest BCUT2D eigenvalue weighted by molar-refractivity contribution is 5.91. The molecule has 16 heavy (non-hydrogen) atoms. The zero-order valence-electron chi connectivity index (χ0n) is 9.94. The van der Waals surface area contributed by atoms with E-state index in [1.54, 1.807) is 17.3 Å². The molecule has 0 atom stereocenters. The summed E-state index contributed by atoms with van der Waals surface area (Å²) in [5, 5.41) is 2.90. The molecule has 0 aliphatic rings. The molecule has 1 heterocycles. The van der Waals surface area contributed by atoms with E-state index in [4.69, 9.17) is 0 Å². The summed E-state index contributed by atoms with van der Waals surface area (Å²) in [4.78, 5) is 17.5. The Morgan fingerprint density at radius 3 is 2.62 bits per heavy atom. The number of nitrogens with zero attached hydrogens (tertiary/aromatic N) is 2. The summed E-state index contributed by atoms with van der Waals surface area (Å²) in [5.41, 5.74) is 0.881. The molecule has 0 saturated carbocycles. The third-order valence-electron chi connectivity index (χ3n) is 2.34. The monoisotopic (exact) mass is 221 g/mol. The molecular formula is C12H19N3O. The number of hydrogen-bond acceptors (Lipinski definition) is 2. The van der Waals surface area contributed by atoms with Gasteiger partial charge < -0.3 is 5.32 Å². The first-order chi connectivity index (χ1) is 7.79. The molecular weight excluding hydrogens is 202 g/mol. The van der Waals surface area contributed by atoms with Crippen LogP contribution >= 0.6 is 0 Å². The fourth-order valence-corrected chi connectivity index (χ4v) is 1.43. The Kier molecular flexibility index (Phi) is 5.32. The average Bonchev–Trinajstić information content (AvgIpc) is 2.32. The van der Waals surface area contributed by atoms with Gasteiger partial charge in [0.25, 0.3) is 0 Å². The summed E-state index contributed by atoms with van der Waals surface area (Å²) in [6.07, 6.45) is 5.48. The second-order valence-corrected chi connectivity index (χ2v) is 3.54. The van der Waals surface area contributed by atoms with Gasteiger partial charge in [0.1, 0.15) is 0 Å². The topological polar surface area (TPSA) is 45.2 Å². The fraction of sp³-hybridized carbons (Fsp3) is 0.500. The van der Waals surface area contributed by atoms with Crippen molar-refractivity contribution in [2.75, 3.05) is 18.0 Å². The molecule has 0 unspecified atom stereocenters. The number of hydrogen-bond donors (Lipinski definition) is 1. The first kappa shape index (κ1) is 12.5. The zero-order valence-corrected chi connectivity index (χ0v) is 9.94. The number of urea groups is 1. The summed E-state index contributed by atoms with van der Waals surface area (Å²) >= 11 is 0. The molecule has 4 nitrogen and oxygen atoms in total. The number of pyridine rings is 1. The van der Waals surface area contributed by atoms with Crippen LogP contribution in [-0.4, -0.2) is 24.1 Å². The number of carbonyl (C=O) groups is 1. The second-order valence-electron chi connectivity index (χ2n) is 3.54. The number of rotatable bonds is 5. The molecule has 0 saturated heterocycles. The van der Waals surface area contributed by atoms with Crippen molar-refractivity contribution in [3.05, 3.63) is 24.5 Å². The molecule has 1 aromatic heterocycles. The van der Waals surface area contributed by atoms with Crippen molar-refractivity contribution >= 4 is 11.7 Å². The normalized spacial score (nSPS) is 9.88. The lowest BCUT2D eigenvalue weighted by atomic mass is 10.3. The SMILES string of the molecule is CCCCNC(=O)N(CC)c1ccncc1. The maximum absolute atomic E-state index is 11.8. The Bertz CT molecular complexity index is 313. The Labute approximate surface area is 96.7 Å². The van der Waals surface area contributed by atoms with Crippen LogP contribution in [0.5, 0.6) is 0 Å². The highest BCUT2D eigenvalue weighted by Gasteiger charge is 2.12. The van der Waals surface area contributed by atoms with Gasteiger partial charge >= 0.3 is 6.03 Å². The average molecular weight is 221 g/mol. The second kappa shape index (κ2) is 6.82. The van der Waals surface area contributed by atoms with E-state index in [0.29, 0.717) is 6.54 Å². The minimum Gasteiger partial charge on any atom is -0.338 e. The van der Waals surface area contributed by atoms with Gasteiger partial charge in [-0.3, -0.25) is 9.88 Å². The van der Waals surface area contributed by atoms with Crippen LogP contribution in [-0.2, 0) is 0 Å². The van der Waals surface area contributed by atoms with Crippen molar-refractivity contribution in [2.45, 2.75) is 26.7 Å². The molecule has 2 amide bonds.